The fraction of sp³-hybridized carbons (Fsp3) is 0.688. The number of rotatable bonds is 8. The molecule has 3 nitrogen and oxygen atoms in total. The Bertz CT molecular complexity index is 373. The highest BCUT2D eigenvalue weighted by molar-refractivity contribution is 5.29. The third-order valence-electron chi connectivity index (χ3n) is 3.38. The maximum atomic E-state index is 5.97. The summed E-state index contributed by atoms with van der Waals surface area (Å²) in [5, 5.41) is 3.40. The molecular formula is C16H28N2O. The van der Waals surface area contributed by atoms with E-state index < -0.39 is 0 Å². The first-order chi connectivity index (χ1) is 9.06. The van der Waals surface area contributed by atoms with Crippen molar-refractivity contribution in [2.24, 2.45) is 5.92 Å². The Labute approximate surface area is 117 Å². The van der Waals surface area contributed by atoms with Gasteiger partial charge in [0.1, 0.15) is 5.75 Å². The van der Waals surface area contributed by atoms with Crippen LogP contribution in [-0.2, 0) is 6.54 Å². The Morgan fingerprint density at radius 1 is 1.21 bits per heavy atom. The van der Waals surface area contributed by atoms with Crippen LogP contribution in [-0.4, -0.2) is 17.6 Å². The van der Waals surface area contributed by atoms with E-state index in [1.807, 2.05) is 19.1 Å². The van der Waals surface area contributed by atoms with Gasteiger partial charge < -0.3 is 10.1 Å². The number of ether oxygens (including phenoxy) is 1. The van der Waals surface area contributed by atoms with E-state index in [-0.39, 0.29) is 0 Å². The molecule has 0 amide bonds. The maximum Gasteiger partial charge on any atom is 0.142 e. The topological polar surface area (TPSA) is 34.1 Å². The lowest BCUT2D eigenvalue weighted by molar-refractivity contribution is 0.237. The summed E-state index contributed by atoms with van der Waals surface area (Å²) in [5.74, 6) is 1.55. The molecule has 0 aromatic carbocycles. The van der Waals surface area contributed by atoms with Crippen LogP contribution in [0.25, 0.3) is 0 Å². The molecule has 0 unspecified atom stereocenters. The van der Waals surface area contributed by atoms with E-state index in [1.54, 1.807) is 0 Å². The van der Waals surface area contributed by atoms with Crippen molar-refractivity contribution in [2.45, 2.75) is 60.0 Å². The highest BCUT2D eigenvalue weighted by Crippen LogP contribution is 2.19. The van der Waals surface area contributed by atoms with E-state index in [2.05, 4.69) is 38.0 Å². The van der Waals surface area contributed by atoms with Gasteiger partial charge in [-0.1, -0.05) is 40.5 Å². The summed E-state index contributed by atoms with van der Waals surface area (Å²) in [6.45, 7) is 12.3. The van der Waals surface area contributed by atoms with Crippen molar-refractivity contribution in [3.63, 3.8) is 0 Å². The number of pyridine rings is 1. The van der Waals surface area contributed by atoms with Gasteiger partial charge in [-0.2, -0.15) is 0 Å². The molecule has 0 aliphatic carbocycles. The third kappa shape index (κ3) is 5.60. The lowest BCUT2D eigenvalue weighted by atomic mass is 10.1. The Balaban J connectivity index is 2.70. The lowest BCUT2D eigenvalue weighted by Gasteiger charge is -2.17. The second kappa shape index (κ2) is 8.16. The van der Waals surface area contributed by atoms with Crippen molar-refractivity contribution in [3.8, 4) is 5.75 Å². The molecule has 1 rings (SSSR count). The first-order valence-corrected chi connectivity index (χ1v) is 7.39. The van der Waals surface area contributed by atoms with E-state index in [9.17, 15) is 0 Å². The van der Waals surface area contributed by atoms with Crippen LogP contribution in [0.2, 0.25) is 0 Å². The molecule has 1 aromatic rings. The van der Waals surface area contributed by atoms with Crippen LogP contribution in [0.3, 0.4) is 0 Å². The Morgan fingerprint density at radius 3 is 2.47 bits per heavy atom. The first kappa shape index (κ1) is 16.0. The summed E-state index contributed by atoms with van der Waals surface area (Å²) in [5.41, 5.74) is 2.05. The molecule has 0 atom stereocenters. The summed E-state index contributed by atoms with van der Waals surface area (Å²) >= 11 is 0. The average Bonchev–Trinajstić information content (AvgIpc) is 2.39. The van der Waals surface area contributed by atoms with Crippen molar-refractivity contribution in [1.82, 2.24) is 10.3 Å². The van der Waals surface area contributed by atoms with E-state index in [0.29, 0.717) is 12.0 Å². The number of hydrogen-bond donors (Lipinski definition) is 1. The van der Waals surface area contributed by atoms with Crippen LogP contribution in [0.15, 0.2) is 12.1 Å². The Hall–Kier alpha value is -1.09. The molecule has 19 heavy (non-hydrogen) atoms. The van der Waals surface area contributed by atoms with Crippen molar-refractivity contribution < 1.29 is 4.74 Å². The van der Waals surface area contributed by atoms with Gasteiger partial charge in [-0.3, -0.25) is 4.98 Å². The fourth-order valence-corrected chi connectivity index (χ4v) is 1.89. The van der Waals surface area contributed by atoms with Crippen LogP contribution in [0.5, 0.6) is 5.75 Å². The van der Waals surface area contributed by atoms with Crippen LogP contribution in [0, 0.1) is 12.8 Å². The maximum absolute atomic E-state index is 5.97. The molecule has 0 spiro atoms. The summed E-state index contributed by atoms with van der Waals surface area (Å²) in [6.07, 6.45) is 2.32. The highest BCUT2D eigenvalue weighted by Gasteiger charge is 2.09. The standard InChI is InChI=1S/C16H28N2O/c1-6-14(7-2)11-19-16-9-8-13(5)18-15(16)10-17-12(3)4/h8-9,12,14,17H,6-7,10-11H2,1-5H3. The second-order valence-electron chi connectivity index (χ2n) is 5.43. The largest absolute Gasteiger partial charge is 0.491 e. The first-order valence-electron chi connectivity index (χ1n) is 7.39. The number of nitrogens with zero attached hydrogens (tertiary/aromatic N) is 1. The Kier molecular flexibility index (Phi) is 6.85. The molecule has 0 radical (unpaired) electrons. The van der Waals surface area contributed by atoms with Gasteiger partial charge in [0.2, 0.25) is 0 Å². The molecule has 0 aliphatic rings. The minimum Gasteiger partial charge on any atom is -0.491 e. The van der Waals surface area contributed by atoms with E-state index in [4.69, 9.17) is 4.74 Å². The van der Waals surface area contributed by atoms with Crippen LogP contribution in [0.1, 0.15) is 51.9 Å². The smallest absolute Gasteiger partial charge is 0.142 e. The molecule has 1 aromatic heterocycles. The van der Waals surface area contributed by atoms with Crippen LogP contribution < -0.4 is 10.1 Å². The third-order valence-corrected chi connectivity index (χ3v) is 3.38. The van der Waals surface area contributed by atoms with Gasteiger partial charge >= 0.3 is 0 Å². The SMILES string of the molecule is CCC(CC)COc1ccc(C)nc1CNC(C)C. The average molecular weight is 264 g/mol. The van der Waals surface area contributed by atoms with Gasteiger partial charge in [0.25, 0.3) is 0 Å². The summed E-state index contributed by atoms with van der Waals surface area (Å²) < 4.78 is 5.97. The van der Waals surface area contributed by atoms with E-state index in [0.717, 1.165) is 43.1 Å². The van der Waals surface area contributed by atoms with Crippen molar-refractivity contribution in [3.05, 3.63) is 23.5 Å². The predicted octanol–water partition coefficient (Wildman–Crippen LogP) is 3.70. The molecule has 1 N–H and O–H groups in total. The minimum atomic E-state index is 0.453. The van der Waals surface area contributed by atoms with Gasteiger partial charge in [-0.25, -0.2) is 0 Å². The number of nitrogens with one attached hydrogen (secondary N) is 1. The number of aryl methyl sites for hydroxylation is 1. The molecule has 0 saturated carbocycles. The highest BCUT2D eigenvalue weighted by atomic mass is 16.5. The number of aromatic nitrogens is 1. The lowest BCUT2D eigenvalue weighted by Crippen LogP contribution is -2.23. The predicted molar refractivity (Wildman–Crippen MR) is 80.5 cm³/mol. The molecule has 0 aliphatic heterocycles. The normalized spacial score (nSPS) is 11.3. The molecular weight excluding hydrogens is 236 g/mol. The molecule has 1 heterocycles. The summed E-state index contributed by atoms with van der Waals surface area (Å²) in [4.78, 5) is 4.59. The zero-order valence-corrected chi connectivity index (χ0v) is 13.0. The quantitative estimate of drug-likeness (QED) is 0.777. The summed E-state index contributed by atoms with van der Waals surface area (Å²) in [7, 11) is 0. The van der Waals surface area contributed by atoms with E-state index in [1.165, 1.54) is 0 Å². The van der Waals surface area contributed by atoms with Gasteiger partial charge in [0.05, 0.1) is 12.3 Å². The Morgan fingerprint density at radius 2 is 1.89 bits per heavy atom. The molecule has 3 heteroatoms. The van der Waals surface area contributed by atoms with Gasteiger partial charge in [0.15, 0.2) is 0 Å². The van der Waals surface area contributed by atoms with Crippen LogP contribution in [0.4, 0.5) is 0 Å². The zero-order chi connectivity index (χ0) is 14.3. The zero-order valence-electron chi connectivity index (χ0n) is 13.0. The molecule has 0 saturated heterocycles. The van der Waals surface area contributed by atoms with Crippen molar-refractivity contribution in [1.29, 1.82) is 0 Å². The van der Waals surface area contributed by atoms with Gasteiger partial charge in [0, 0.05) is 18.3 Å². The number of hydrogen-bond acceptors (Lipinski definition) is 3. The molecule has 108 valence electrons. The summed E-state index contributed by atoms with van der Waals surface area (Å²) in [6, 6.07) is 4.51. The van der Waals surface area contributed by atoms with Crippen LogP contribution >= 0.6 is 0 Å². The fourth-order valence-electron chi connectivity index (χ4n) is 1.89. The monoisotopic (exact) mass is 264 g/mol. The minimum absolute atomic E-state index is 0.453. The molecule has 0 fully saturated rings. The van der Waals surface area contributed by atoms with E-state index >= 15 is 0 Å². The van der Waals surface area contributed by atoms with Gasteiger partial charge in [-0.15, -0.1) is 0 Å². The van der Waals surface area contributed by atoms with Crippen molar-refractivity contribution >= 4 is 0 Å². The second-order valence-corrected chi connectivity index (χ2v) is 5.43. The van der Waals surface area contributed by atoms with Gasteiger partial charge in [-0.05, 0) is 25.0 Å². The molecule has 0 bridgehead atoms. The van der Waals surface area contributed by atoms with Crippen molar-refractivity contribution in [2.75, 3.05) is 6.61 Å².